The number of aromatic nitrogens is 1. The molecule has 4 aromatic carbocycles. The maximum absolute atomic E-state index is 13.6. The van der Waals surface area contributed by atoms with Crippen molar-refractivity contribution >= 4 is 28.5 Å². The molecule has 0 spiro atoms. The highest BCUT2D eigenvalue weighted by atomic mass is 35.5. The Bertz CT molecular complexity index is 1360. The molecule has 1 aromatic heterocycles. The van der Waals surface area contributed by atoms with Crippen molar-refractivity contribution in [1.29, 1.82) is 0 Å². The molecule has 0 saturated heterocycles. The fourth-order valence-corrected chi connectivity index (χ4v) is 3.99. The summed E-state index contributed by atoms with van der Waals surface area (Å²) in [5.74, 6) is -0.401. The smallest absolute Gasteiger partial charge is 0.339 e. The van der Waals surface area contributed by atoms with E-state index < -0.39 is 12.1 Å². The van der Waals surface area contributed by atoms with Gasteiger partial charge in [-0.3, -0.25) is 0 Å². The zero-order valence-electron chi connectivity index (χ0n) is 17.7. The lowest BCUT2D eigenvalue weighted by molar-refractivity contribution is 0.0380. The van der Waals surface area contributed by atoms with Crippen LogP contribution in [0.1, 0.15) is 27.6 Å². The highest BCUT2D eigenvalue weighted by molar-refractivity contribution is 6.30. The van der Waals surface area contributed by atoms with E-state index in [-0.39, 0.29) is 0 Å². The van der Waals surface area contributed by atoms with Crippen LogP contribution in [0, 0.1) is 0 Å². The number of carbonyl (C=O) groups is 1. The number of fused-ring (bicyclic) bond motifs is 1. The Morgan fingerprint density at radius 1 is 0.727 bits per heavy atom. The van der Waals surface area contributed by atoms with E-state index in [0.29, 0.717) is 16.3 Å². The number of ether oxygens (including phenoxy) is 1. The molecular formula is C29H20ClNO2. The SMILES string of the molecule is O=C(OC(c1ccccc1)c1ccccc1)c1cc(-c2ccc(Cl)cc2)nc2ccccc12. The Labute approximate surface area is 197 Å². The van der Waals surface area contributed by atoms with Crippen molar-refractivity contribution in [1.82, 2.24) is 4.98 Å². The lowest BCUT2D eigenvalue weighted by atomic mass is 10.0. The summed E-state index contributed by atoms with van der Waals surface area (Å²) in [4.78, 5) is 18.3. The Morgan fingerprint density at radius 2 is 1.30 bits per heavy atom. The molecule has 5 rings (SSSR count). The molecule has 0 saturated carbocycles. The van der Waals surface area contributed by atoms with Crippen molar-refractivity contribution in [2.24, 2.45) is 0 Å². The van der Waals surface area contributed by atoms with Crippen molar-refractivity contribution in [3.8, 4) is 11.3 Å². The third-order valence-electron chi connectivity index (χ3n) is 5.51. The average Bonchev–Trinajstić information content (AvgIpc) is 2.88. The van der Waals surface area contributed by atoms with Crippen LogP contribution in [-0.4, -0.2) is 11.0 Å². The number of carbonyl (C=O) groups excluding carboxylic acids is 1. The number of rotatable bonds is 5. The first kappa shape index (κ1) is 20.9. The van der Waals surface area contributed by atoms with Gasteiger partial charge in [0, 0.05) is 16.0 Å². The van der Waals surface area contributed by atoms with Crippen LogP contribution in [0.5, 0.6) is 0 Å². The summed E-state index contributed by atoms with van der Waals surface area (Å²) < 4.78 is 6.14. The zero-order valence-corrected chi connectivity index (χ0v) is 18.4. The van der Waals surface area contributed by atoms with Gasteiger partial charge in [0.2, 0.25) is 0 Å². The fourth-order valence-electron chi connectivity index (χ4n) is 3.87. The Hall–Kier alpha value is -3.95. The number of nitrogens with zero attached hydrogens (tertiary/aromatic N) is 1. The van der Waals surface area contributed by atoms with Crippen molar-refractivity contribution in [3.63, 3.8) is 0 Å². The van der Waals surface area contributed by atoms with Gasteiger partial charge in [-0.1, -0.05) is 103 Å². The molecule has 160 valence electrons. The highest BCUT2D eigenvalue weighted by Gasteiger charge is 2.22. The standard InChI is InChI=1S/C29H20ClNO2/c30-23-17-15-20(16-18-23)27-19-25(24-13-7-8-14-26(24)31-27)29(32)33-28(21-9-3-1-4-10-21)22-11-5-2-6-12-22/h1-19,28H. The van der Waals surface area contributed by atoms with Gasteiger partial charge in [-0.15, -0.1) is 0 Å². The van der Waals surface area contributed by atoms with Crippen LogP contribution in [-0.2, 0) is 4.74 Å². The van der Waals surface area contributed by atoms with Crippen LogP contribution in [0.3, 0.4) is 0 Å². The Kier molecular flexibility index (Phi) is 5.88. The van der Waals surface area contributed by atoms with E-state index in [1.807, 2.05) is 109 Å². The number of para-hydroxylation sites is 1. The Morgan fingerprint density at radius 3 is 1.94 bits per heavy atom. The summed E-state index contributed by atoms with van der Waals surface area (Å²) in [7, 11) is 0. The lowest BCUT2D eigenvalue weighted by Crippen LogP contribution is -2.14. The first-order valence-corrected chi connectivity index (χ1v) is 11.0. The van der Waals surface area contributed by atoms with Gasteiger partial charge in [-0.2, -0.15) is 0 Å². The molecule has 0 fully saturated rings. The largest absolute Gasteiger partial charge is 0.449 e. The number of halogens is 1. The van der Waals surface area contributed by atoms with Gasteiger partial charge >= 0.3 is 5.97 Å². The average molecular weight is 450 g/mol. The second kappa shape index (κ2) is 9.27. The van der Waals surface area contributed by atoms with Crippen LogP contribution < -0.4 is 0 Å². The summed E-state index contributed by atoms with van der Waals surface area (Å²) in [5, 5.41) is 1.40. The zero-order chi connectivity index (χ0) is 22.6. The lowest BCUT2D eigenvalue weighted by Gasteiger charge is -2.20. The van der Waals surface area contributed by atoms with Gasteiger partial charge in [-0.05, 0) is 35.4 Å². The van der Waals surface area contributed by atoms with E-state index >= 15 is 0 Å². The topological polar surface area (TPSA) is 39.2 Å². The van der Waals surface area contributed by atoms with Gasteiger partial charge in [0.05, 0.1) is 16.8 Å². The third-order valence-corrected chi connectivity index (χ3v) is 5.76. The minimum Gasteiger partial charge on any atom is -0.449 e. The van der Waals surface area contributed by atoms with Gasteiger partial charge in [0.25, 0.3) is 0 Å². The maximum atomic E-state index is 13.6. The molecule has 0 bridgehead atoms. The van der Waals surface area contributed by atoms with Crippen molar-refractivity contribution in [2.75, 3.05) is 0 Å². The minimum absolute atomic E-state index is 0.401. The normalized spacial score (nSPS) is 11.0. The molecule has 4 heteroatoms. The Balaban J connectivity index is 1.59. The first-order valence-electron chi connectivity index (χ1n) is 10.7. The molecule has 0 radical (unpaired) electrons. The molecule has 0 aliphatic carbocycles. The van der Waals surface area contributed by atoms with Crippen LogP contribution >= 0.6 is 11.6 Å². The molecule has 5 aromatic rings. The molecular weight excluding hydrogens is 430 g/mol. The summed E-state index contributed by atoms with van der Waals surface area (Å²) in [6.07, 6.45) is -0.522. The molecule has 0 aliphatic heterocycles. The van der Waals surface area contributed by atoms with E-state index in [1.165, 1.54) is 0 Å². The number of hydrogen-bond acceptors (Lipinski definition) is 3. The van der Waals surface area contributed by atoms with E-state index in [2.05, 4.69) is 0 Å². The summed E-state index contributed by atoms with van der Waals surface area (Å²) >= 11 is 6.06. The molecule has 0 aliphatic rings. The van der Waals surface area contributed by atoms with Gasteiger partial charge in [0.1, 0.15) is 0 Å². The van der Waals surface area contributed by atoms with Crippen LogP contribution in [0.15, 0.2) is 115 Å². The monoisotopic (exact) mass is 449 g/mol. The molecule has 0 amide bonds. The molecule has 3 nitrogen and oxygen atoms in total. The highest BCUT2D eigenvalue weighted by Crippen LogP contribution is 2.30. The summed E-state index contributed by atoms with van der Waals surface area (Å²) in [6, 6.07) is 36.3. The van der Waals surface area contributed by atoms with Gasteiger partial charge in [0.15, 0.2) is 6.10 Å². The molecule has 33 heavy (non-hydrogen) atoms. The number of esters is 1. The predicted octanol–water partition coefficient (Wildman–Crippen LogP) is 7.50. The minimum atomic E-state index is -0.522. The van der Waals surface area contributed by atoms with Crippen LogP contribution in [0.4, 0.5) is 0 Å². The predicted molar refractivity (Wildman–Crippen MR) is 132 cm³/mol. The molecule has 0 N–H and O–H groups in total. The first-order chi connectivity index (χ1) is 16.2. The van der Waals surface area contributed by atoms with Gasteiger partial charge < -0.3 is 4.74 Å². The van der Waals surface area contributed by atoms with Gasteiger partial charge in [-0.25, -0.2) is 9.78 Å². The van der Waals surface area contributed by atoms with Crippen LogP contribution in [0.25, 0.3) is 22.2 Å². The van der Waals surface area contributed by atoms with E-state index in [9.17, 15) is 4.79 Å². The molecule has 0 atom stereocenters. The number of benzene rings is 4. The second-order valence-corrected chi connectivity index (χ2v) is 8.12. The third kappa shape index (κ3) is 4.50. The molecule has 0 unspecified atom stereocenters. The summed E-state index contributed by atoms with van der Waals surface area (Å²) in [5.41, 5.74) is 4.59. The number of pyridine rings is 1. The van der Waals surface area contributed by atoms with E-state index in [1.54, 1.807) is 6.07 Å². The van der Waals surface area contributed by atoms with E-state index in [0.717, 1.165) is 27.6 Å². The summed E-state index contributed by atoms with van der Waals surface area (Å²) in [6.45, 7) is 0. The van der Waals surface area contributed by atoms with E-state index in [4.69, 9.17) is 21.3 Å². The molecule has 1 heterocycles. The maximum Gasteiger partial charge on any atom is 0.339 e. The van der Waals surface area contributed by atoms with Crippen molar-refractivity contribution in [2.45, 2.75) is 6.10 Å². The van der Waals surface area contributed by atoms with Crippen molar-refractivity contribution < 1.29 is 9.53 Å². The fraction of sp³-hybridized carbons (Fsp3) is 0.0345. The van der Waals surface area contributed by atoms with Crippen LogP contribution in [0.2, 0.25) is 5.02 Å². The van der Waals surface area contributed by atoms with Crippen molar-refractivity contribution in [3.05, 3.63) is 137 Å². The number of hydrogen-bond donors (Lipinski definition) is 0. The quantitative estimate of drug-likeness (QED) is 0.261. The second-order valence-electron chi connectivity index (χ2n) is 7.69.